The van der Waals surface area contributed by atoms with Crippen LogP contribution in [-0.2, 0) is 17.5 Å². The first kappa shape index (κ1) is 20.8. The number of ether oxygens (including phenoxy) is 2. The number of rotatable bonds is 5. The smallest absolute Gasteiger partial charge is 0.417 e. The lowest BCUT2D eigenvalue weighted by Gasteiger charge is -2.27. The van der Waals surface area contributed by atoms with E-state index in [1.54, 1.807) is 23.1 Å². The fourth-order valence-electron chi connectivity index (χ4n) is 3.55. The van der Waals surface area contributed by atoms with E-state index in [0.29, 0.717) is 36.7 Å². The second kappa shape index (κ2) is 8.18. The number of alkyl halides is 3. The van der Waals surface area contributed by atoms with E-state index in [-0.39, 0.29) is 6.04 Å². The van der Waals surface area contributed by atoms with Gasteiger partial charge >= 0.3 is 6.18 Å². The van der Waals surface area contributed by atoms with Crippen molar-refractivity contribution in [1.82, 2.24) is 9.47 Å². The number of pyridine rings is 1. The second-order valence-corrected chi connectivity index (χ2v) is 6.73. The Bertz CT molecular complexity index is 955. The lowest BCUT2D eigenvalue weighted by atomic mass is 10.0. The van der Waals surface area contributed by atoms with Crippen LogP contribution in [0.1, 0.15) is 30.0 Å². The molecule has 0 N–H and O–H groups in total. The van der Waals surface area contributed by atoms with Crippen molar-refractivity contribution in [2.24, 2.45) is 0 Å². The number of nitrogens with zero attached hydrogens (tertiary/aromatic N) is 2. The first-order valence-corrected chi connectivity index (χ1v) is 9.03. The summed E-state index contributed by atoms with van der Waals surface area (Å²) in [6.07, 6.45) is -2.51. The van der Waals surface area contributed by atoms with Crippen LogP contribution >= 0.6 is 0 Å². The number of amides is 1. The van der Waals surface area contributed by atoms with Gasteiger partial charge in [0.25, 0.3) is 5.56 Å². The number of carbonyl (C=O) groups excluding carboxylic acids is 1. The van der Waals surface area contributed by atoms with Gasteiger partial charge in [-0.3, -0.25) is 9.59 Å². The highest BCUT2D eigenvalue weighted by atomic mass is 19.4. The van der Waals surface area contributed by atoms with Crippen LogP contribution in [0.4, 0.5) is 13.2 Å². The summed E-state index contributed by atoms with van der Waals surface area (Å²) in [5, 5.41) is 0. The predicted octanol–water partition coefficient (Wildman–Crippen LogP) is 3.25. The zero-order chi connectivity index (χ0) is 21.2. The fourth-order valence-corrected chi connectivity index (χ4v) is 3.55. The number of hydrogen-bond acceptors (Lipinski definition) is 4. The zero-order valence-electron chi connectivity index (χ0n) is 16.0. The summed E-state index contributed by atoms with van der Waals surface area (Å²) < 4.78 is 50.3. The molecule has 0 saturated carbocycles. The Kier molecular flexibility index (Phi) is 5.86. The average molecular weight is 410 g/mol. The van der Waals surface area contributed by atoms with E-state index >= 15 is 0 Å². The van der Waals surface area contributed by atoms with Crippen molar-refractivity contribution in [3.63, 3.8) is 0 Å². The van der Waals surface area contributed by atoms with Crippen molar-refractivity contribution in [3.8, 4) is 11.5 Å². The molecule has 0 bridgehead atoms. The number of carbonyl (C=O) groups is 1. The molecule has 2 heterocycles. The Hall–Kier alpha value is -2.97. The van der Waals surface area contributed by atoms with Gasteiger partial charge in [0.1, 0.15) is 18.0 Å². The molecular weight excluding hydrogens is 389 g/mol. The highest BCUT2D eigenvalue weighted by molar-refractivity contribution is 5.77. The van der Waals surface area contributed by atoms with Gasteiger partial charge in [0.05, 0.1) is 25.8 Å². The molecule has 3 rings (SSSR count). The molecule has 1 amide bonds. The number of halogens is 3. The van der Waals surface area contributed by atoms with E-state index in [0.717, 1.165) is 22.6 Å². The van der Waals surface area contributed by atoms with Gasteiger partial charge in [-0.25, -0.2) is 0 Å². The summed E-state index contributed by atoms with van der Waals surface area (Å²) in [4.78, 5) is 26.4. The van der Waals surface area contributed by atoms with Crippen LogP contribution in [0.5, 0.6) is 11.5 Å². The molecule has 1 saturated heterocycles. The minimum absolute atomic E-state index is 0.311. The number of likely N-dealkylation sites (tertiary alicyclic amines) is 1. The van der Waals surface area contributed by atoms with Crippen LogP contribution in [0.2, 0.25) is 0 Å². The fraction of sp³-hybridized carbons (Fsp3) is 0.400. The summed E-state index contributed by atoms with van der Waals surface area (Å²) in [7, 11) is 3.05. The Morgan fingerprint density at radius 2 is 1.93 bits per heavy atom. The summed E-state index contributed by atoms with van der Waals surface area (Å²) in [5.74, 6) is 0.764. The SMILES string of the molecule is COc1ccc(OC)c([C@H]2CCCN2C(=O)Cn2cc(C(F)(F)F)ccc2=O)c1. The van der Waals surface area contributed by atoms with Crippen LogP contribution in [0.3, 0.4) is 0 Å². The average Bonchev–Trinajstić information content (AvgIpc) is 3.18. The normalized spacial score (nSPS) is 16.7. The molecule has 9 heteroatoms. The minimum atomic E-state index is -4.59. The summed E-state index contributed by atoms with van der Waals surface area (Å²) in [6, 6.07) is 6.49. The number of benzene rings is 1. The van der Waals surface area contributed by atoms with Gasteiger partial charge in [-0.1, -0.05) is 0 Å². The lowest BCUT2D eigenvalue weighted by Crippen LogP contribution is -2.36. The van der Waals surface area contributed by atoms with Crippen molar-refractivity contribution in [3.05, 3.63) is 58.0 Å². The summed E-state index contributed by atoms with van der Waals surface area (Å²) in [5.41, 5.74) is -0.882. The maximum Gasteiger partial charge on any atom is 0.417 e. The number of aromatic nitrogens is 1. The van der Waals surface area contributed by atoms with Gasteiger partial charge in [-0.15, -0.1) is 0 Å². The molecule has 156 valence electrons. The maximum atomic E-state index is 12.9. The third-order valence-electron chi connectivity index (χ3n) is 4.99. The van der Waals surface area contributed by atoms with E-state index in [9.17, 15) is 22.8 Å². The van der Waals surface area contributed by atoms with Crippen molar-refractivity contribution in [1.29, 1.82) is 0 Å². The van der Waals surface area contributed by atoms with Crippen molar-refractivity contribution in [2.45, 2.75) is 31.6 Å². The van der Waals surface area contributed by atoms with E-state index < -0.39 is 29.8 Å². The standard InChI is InChI=1S/C20H21F3N2O4/c1-28-14-6-7-17(29-2)15(10-14)16-4-3-9-25(16)19(27)12-24-11-13(20(21,22)23)5-8-18(24)26/h5-8,10-11,16H,3-4,9,12H2,1-2H3/t16-/m1/s1. The topological polar surface area (TPSA) is 60.8 Å². The Morgan fingerprint density at radius 1 is 1.17 bits per heavy atom. The molecule has 0 unspecified atom stereocenters. The van der Waals surface area contributed by atoms with Gasteiger partial charge in [0, 0.05) is 24.4 Å². The third kappa shape index (κ3) is 4.38. The van der Waals surface area contributed by atoms with Gasteiger partial charge in [-0.05, 0) is 37.1 Å². The molecule has 1 fully saturated rings. The Balaban J connectivity index is 1.88. The Labute approximate surface area is 165 Å². The monoisotopic (exact) mass is 410 g/mol. The number of hydrogen-bond donors (Lipinski definition) is 0. The molecule has 29 heavy (non-hydrogen) atoms. The largest absolute Gasteiger partial charge is 0.497 e. The second-order valence-electron chi connectivity index (χ2n) is 6.73. The van der Waals surface area contributed by atoms with Gasteiger partial charge in [0.2, 0.25) is 5.91 Å². The third-order valence-corrected chi connectivity index (χ3v) is 4.99. The quantitative estimate of drug-likeness (QED) is 0.759. The van der Waals surface area contributed by atoms with Crippen molar-refractivity contribution < 1.29 is 27.4 Å². The molecule has 1 atom stereocenters. The Morgan fingerprint density at radius 3 is 2.59 bits per heavy atom. The summed E-state index contributed by atoms with van der Waals surface area (Å²) in [6.45, 7) is -0.0247. The molecule has 0 spiro atoms. The lowest BCUT2D eigenvalue weighted by molar-refractivity contribution is -0.139. The van der Waals surface area contributed by atoms with E-state index in [1.807, 2.05) is 0 Å². The first-order chi connectivity index (χ1) is 13.7. The predicted molar refractivity (Wildman–Crippen MR) is 98.9 cm³/mol. The zero-order valence-corrected chi connectivity index (χ0v) is 16.0. The highest BCUT2D eigenvalue weighted by Crippen LogP contribution is 2.39. The van der Waals surface area contributed by atoms with Gasteiger partial charge in [0.15, 0.2) is 0 Å². The molecule has 0 radical (unpaired) electrons. The molecule has 1 aromatic heterocycles. The van der Waals surface area contributed by atoms with Crippen LogP contribution in [0.25, 0.3) is 0 Å². The highest BCUT2D eigenvalue weighted by Gasteiger charge is 2.34. The van der Waals surface area contributed by atoms with E-state index in [4.69, 9.17) is 9.47 Å². The van der Waals surface area contributed by atoms with Crippen LogP contribution < -0.4 is 15.0 Å². The molecule has 6 nitrogen and oxygen atoms in total. The molecule has 0 aliphatic carbocycles. The maximum absolute atomic E-state index is 12.9. The first-order valence-electron chi connectivity index (χ1n) is 9.03. The van der Waals surface area contributed by atoms with Gasteiger partial charge < -0.3 is 18.9 Å². The molecule has 2 aromatic rings. The van der Waals surface area contributed by atoms with Crippen LogP contribution in [-0.4, -0.2) is 36.1 Å². The molecule has 1 aromatic carbocycles. The van der Waals surface area contributed by atoms with Crippen LogP contribution in [0, 0.1) is 0 Å². The molecule has 1 aliphatic heterocycles. The molecular formula is C20H21F3N2O4. The summed E-state index contributed by atoms with van der Waals surface area (Å²) >= 11 is 0. The van der Waals surface area contributed by atoms with E-state index in [1.165, 1.54) is 14.2 Å². The number of methoxy groups -OCH3 is 2. The van der Waals surface area contributed by atoms with Crippen molar-refractivity contribution in [2.75, 3.05) is 20.8 Å². The van der Waals surface area contributed by atoms with Crippen molar-refractivity contribution >= 4 is 5.91 Å². The minimum Gasteiger partial charge on any atom is -0.497 e. The van der Waals surface area contributed by atoms with E-state index in [2.05, 4.69) is 0 Å². The van der Waals surface area contributed by atoms with Crippen LogP contribution in [0.15, 0.2) is 41.3 Å². The van der Waals surface area contributed by atoms with Gasteiger partial charge in [-0.2, -0.15) is 13.2 Å². The molecule has 1 aliphatic rings.